The Morgan fingerprint density at radius 2 is 2.15 bits per heavy atom. The summed E-state index contributed by atoms with van der Waals surface area (Å²) in [5.74, 6) is 1.26. The van der Waals surface area contributed by atoms with Gasteiger partial charge in [0.15, 0.2) is 5.82 Å². The summed E-state index contributed by atoms with van der Waals surface area (Å²) >= 11 is 0. The van der Waals surface area contributed by atoms with Gasteiger partial charge in [0.1, 0.15) is 6.61 Å². The molecule has 0 aliphatic carbocycles. The van der Waals surface area contributed by atoms with Gasteiger partial charge in [-0.25, -0.2) is 9.97 Å². The molecule has 0 spiro atoms. The smallest absolute Gasteiger partial charge is 0.257 e. The first-order chi connectivity index (χ1) is 6.25. The molecule has 0 aliphatic rings. The molecule has 1 heterocycles. The summed E-state index contributed by atoms with van der Waals surface area (Å²) in [6.07, 6.45) is 4.91. The minimum absolute atomic E-state index is 0.444. The second-order valence-electron chi connectivity index (χ2n) is 2.68. The van der Waals surface area contributed by atoms with E-state index < -0.39 is 0 Å². The van der Waals surface area contributed by atoms with E-state index in [0.717, 1.165) is 5.82 Å². The summed E-state index contributed by atoms with van der Waals surface area (Å²) < 4.78 is 5.31. The summed E-state index contributed by atoms with van der Waals surface area (Å²) in [6, 6.07) is 0. The lowest BCUT2D eigenvalue weighted by molar-refractivity contribution is 0.348. The molecular weight excluding hydrogens is 166 g/mol. The zero-order valence-electron chi connectivity index (χ0n) is 7.90. The standard InChI is InChI=1S/C9H13N3O/c1-4-7-13-9-8(12(2)3)10-5-6-11-9/h4-6H,1,7H2,2-3H3. The summed E-state index contributed by atoms with van der Waals surface area (Å²) in [7, 11) is 3.79. The number of anilines is 1. The van der Waals surface area contributed by atoms with Crippen molar-refractivity contribution < 1.29 is 4.74 Å². The number of hydrogen-bond donors (Lipinski definition) is 0. The second kappa shape index (κ2) is 4.45. The molecule has 0 N–H and O–H groups in total. The van der Waals surface area contributed by atoms with Crippen LogP contribution < -0.4 is 9.64 Å². The van der Waals surface area contributed by atoms with Crippen LogP contribution in [0.1, 0.15) is 0 Å². The van der Waals surface area contributed by atoms with Gasteiger partial charge in [0.05, 0.1) is 0 Å². The van der Waals surface area contributed by atoms with Crippen molar-refractivity contribution in [3.63, 3.8) is 0 Å². The van der Waals surface area contributed by atoms with E-state index in [2.05, 4.69) is 16.5 Å². The van der Waals surface area contributed by atoms with Gasteiger partial charge >= 0.3 is 0 Å². The molecule has 4 heteroatoms. The molecule has 0 aromatic carbocycles. The number of hydrogen-bond acceptors (Lipinski definition) is 4. The van der Waals surface area contributed by atoms with Crippen molar-refractivity contribution in [1.82, 2.24) is 9.97 Å². The van der Waals surface area contributed by atoms with Crippen LogP contribution in [-0.4, -0.2) is 30.7 Å². The molecule has 0 bridgehead atoms. The molecule has 0 saturated heterocycles. The van der Waals surface area contributed by atoms with Crippen LogP contribution in [0.15, 0.2) is 25.0 Å². The van der Waals surface area contributed by atoms with Crippen molar-refractivity contribution >= 4 is 5.82 Å². The van der Waals surface area contributed by atoms with Crippen molar-refractivity contribution in [1.29, 1.82) is 0 Å². The van der Waals surface area contributed by atoms with E-state index in [4.69, 9.17) is 4.74 Å². The van der Waals surface area contributed by atoms with E-state index in [1.807, 2.05) is 19.0 Å². The third-order valence-corrected chi connectivity index (χ3v) is 1.41. The van der Waals surface area contributed by atoms with Gasteiger partial charge in [0.25, 0.3) is 5.88 Å². The summed E-state index contributed by atoms with van der Waals surface area (Å²) in [6.45, 7) is 4.01. The van der Waals surface area contributed by atoms with E-state index in [1.54, 1.807) is 18.5 Å². The fraction of sp³-hybridized carbons (Fsp3) is 0.333. The second-order valence-corrected chi connectivity index (χ2v) is 2.68. The quantitative estimate of drug-likeness (QED) is 0.649. The predicted octanol–water partition coefficient (Wildman–Crippen LogP) is 1.11. The zero-order valence-corrected chi connectivity index (χ0v) is 7.90. The van der Waals surface area contributed by atoms with Crippen LogP contribution in [0, 0.1) is 0 Å². The summed E-state index contributed by atoms with van der Waals surface area (Å²) in [5.41, 5.74) is 0. The molecule has 70 valence electrons. The molecule has 1 aromatic heterocycles. The predicted molar refractivity (Wildman–Crippen MR) is 52.1 cm³/mol. The van der Waals surface area contributed by atoms with Gasteiger partial charge in [-0.2, -0.15) is 0 Å². The van der Waals surface area contributed by atoms with Gasteiger partial charge in [-0.1, -0.05) is 12.7 Å². The van der Waals surface area contributed by atoms with Crippen LogP contribution in [0.2, 0.25) is 0 Å². The highest BCUT2D eigenvalue weighted by Gasteiger charge is 2.06. The Balaban J connectivity index is 2.84. The maximum atomic E-state index is 5.31. The minimum atomic E-state index is 0.444. The van der Waals surface area contributed by atoms with Crippen molar-refractivity contribution in [2.24, 2.45) is 0 Å². The molecule has 0 amide bonds. The number of aromatic nitrogens is 2. The molecule has 0 atom stereocenters. The van der Waals surface area contributed by atoms with Crippen LogP contribution >= 0.6 is 0 Å². The fourth-order valence-electron chi connectivity index (χ4n) is 0.864. The Kier molecular flexibility index (Phi) is 3.25. The van der Waals surface area contributed by atoms with Crippen LogP contribution in [0.4, 0.5) is 5.82 Å². The van der Waals surface area contributed by atoms with Gasteiger partial charge in [0, 0.05) is 26.5 Å². The summed E-state index contributed by atoms with van der Waals surface area (Å²) in [5, 5.41) is 0. The van der Waals surface area contributed by atoms with Crippen molar-refractivity contribution in [3.05, 3.63) is 25.0 Å². The van der Waals surface area contributed by atoms with Crippen LogP contribution in [0.5, 0.6) is 5.88 Å². The van der Waals surface area contributed by atoms with Gasteiger partial charge in [-0.05, 0) is 0 Å². The number of rotatable bonds is 4. The molecule has 0 fully saturated rings. The number of nitrogens with zero attached hydrogens (tertiary/aromatic N) is 3. The van der Waals surface area contributed by atoms with Gasteiger partial charge in [-0.3, -0.25) is 0 Å². The van der Waals surface area contributed by atoms with Gasteiger partial charge in [0.2, 0.25) is 0 Å². The molecule has 13 heavy (non-hydrogen) atoms. The Morgan fingerprint density at radius 1 is 1.46 bits per heavy atom. The third kappa shape index (κ3) is 2.43. The highest BCUT2D eigenvalue weighted by Crippen LogP contribution is 2.19. The van der Waals surface area contributed by atoms with E-state index in [1.165, 1.54) is 0 Å². The van der Waals surface area contributed by atoms with Crippen LogP contribution in [0.25, 0.3) is 0 Å². The maximum Gasteiger partial charge on any atom is 0.257 e. The molecule has 4 nitrogen and oxygen atoms in total. The van der Waals surface area contributed by atoms with Crippen molar-refractivity contribution in [3.8, 4) is 5.88 Å². The van der Waals surface area contributed by atoms with E-state index in [0.29, 0.717) is 12.5 Å². The lowest BCUT2D eigenvalue weighted by Gasteiger charge is -2.13. The first kappa shape index (κ1) is 9.51. The topological polar surface area (TPSA) is 38.3 Å². The van der Waals surface area contributed by atoms with Crippen molar-refractivity contribution in [2.45, 2.75) is 0 Å². The maximum absolute atomic E-state index is 5.31. The van der Waals surface area contributed by atoms with E-state index >= 15 is 0 Å². The van der Waals surface area contributed by atoms with E-state index in [9.17, 15) is 0 Å². The Bertz CT molecular complexity index is 286. The molecule has 0 aliphatic heterocycles. The van der Waals surface area contributed by atoms with Crippen molar-refractivity contribution in [2.75, 3.05) is 25.6 Å². The monoisotopic (exact) mass is 179 g/mol. The SMILES string of the molecule is C=CCOc1nccnc1N(C)C. The average Bonchev–Trinajstić information content (AvgIpc) is 2.15. The highest BCUT2D eigenvalue weighted by molar-refractivity contribution is 5.45. The first-order valence-corrected chi connectivity index (χ1v) is 3.97. The Hall–Kier alpha value is -1.58. The third-order valence-electron chi connectivity index (χ3n) is 1.41. The van der Waals surface area contributed by atoms with Gasteiger partial charge in [-0.15, -0.1) is 0 Å². The average molecular weight is 179 g/mol. The highest BCUT2D eigenvalue weighted by atomic mass is 16.5. The first-order valence-electron chi connectivity index (χ1n) is 3.97. The Labute approximate surface area is 77.9 Å². The molecule has 1 rings (SSSR count). The minimum Gasteiger partial charge on any atom is -0.471 e. The molecule has 0 unspecified atom stereocenters. The fourth-order valence-corrected chi connectivity index (χ4v) is 0.864. The normalized spacial score (nSPS) is 9.38. The lowest BCUT2D eigenvalue weighted by Crippen LogP contribution is -2.13. The summed E-state index contributed by atoms with van der Waals surface area (Å²) in [4.78, 5) is 10.1. The molecule has 1 aromatic rings. The molecular formula is C9H13N3O. The lowest BCUT2D eigenvalue weighted by atomic mass is 10.5. The molecule has 0 saturated carbocycles. The van der Waals surface area contributed by atoms with Crippen LogP contribution in [-0.2, 0) is 0 Å². The van der Waals surface area contributed by atoms with E-state index in [-0.39, 0.29) is 0 Å². The largest absolute Gasteiger partial charge is 0.471 e. The van der Waals surface area contributed by atoms with Gasteiger partial charge < -0.3 is 9.64 Å². The van der Waals surface area contributed by atoms with Crippen LogP contribution in [0.3, 0.4) is 0 Å². The molecule has 0 radical (unpaired) electrons. The number of ether oxygens (including phenoxy) is 1. The Morgan fingerprint density at radius 3 is 2.77 bits per heavy atom. The zero-order chi connectivity index (χ0) is 9.68.